The molecule has 4 rings (SSSR count). The summed E-state index contributed by atoms with van der Waals surface area (Å²) in [7, 11) is 0.889. The second-order valence-corrected chi connectivity index (χ2v) is 19.7. The summed E-state index contributed by atoms with van der Waals surface area (Å²) >= 11 is 0. The van der Waals surface area contributed by atoms with E-state index in [0.29, 0.717) is 11.1 Å². The van der Waals surface area contributed by atoms with E-state index in [1.165, 1.54) is 12.1 Å². The monoisotopic (exact) mass is 849 g/mol. The Morgan fingerprint density at radius 3 is 1.57 bits per heavy atom. The Kier molecular flexibility index (Phi) is 19.7. The molecule has 0 bridgehead atoms. The summed E-state index contributed by atoms with van der Waals surface area (Å²) in [6, 6.07) is 5.20. The van der Waals surface area contributed by atoms with Crippen LogP contribution in [0.4, 0.5) is 44.7 Å². The number of cyclic esters (lactones) is 2. The number of nitrogens with zero attached hydrogens (tertiary/aromatic N) is 3. The summed E-state index contributed by atoms with van der Waals surface area (Å²) in [5, 5.41) is 0. The molecule has 2 aromatic carbocycles. The van der Waals surface area contributed by atoms with Crippen LogP contribution in [-0.4, -0.2) is 87.1 Å². The van der Waals surface area contributed by atoms with Crippen LogP contribution in [0.5, 0.6) is 11.5 Å². The topological polar surface area (TPSA) is 126 Å². The largest absolute Gasteiger partial charge is 1.00 e. The third-order valence-electron chi connectivity index (χ3n) is 8.56. The van der Waals surface area contributed by atoms with Gasteiger partial charge in [-0.1, -0.05) is 74.6 Å². The Morgan fingerprint density at radius 1 is 0.776 bits per heavy atom. The Labute approximate surface area is 345 Å². The van der Waals surface area contributed by atoms with Crippen molar-refractivity contribution in [1.82, 2.24) is 9.80 Å². The van der Waals surface area contributed by atoms with Crippen LogP contribution in [0.15, 0.2) is 36.4 Å². The van der Waals surface area contributed by atoms with Gasteiger partial charge in [0.05, 0.1) is 12.1 Å². The molecule has 2 heterocycles. The van der Waals surface area contributed by atoms with Gasteiger partial charge in [0.1, 0.15) is 13.2 Å². The van der Waals surface area contributed by atoms with Gasteiger partial charge in [0, 0.05) is 12.3 Å². The summed E-state index contributed by atoms with van der Waals surface area (Å²) in [5.74, 6) is -5.84. The molecule has 0 unspecified atom stereocenters. The number of ether oxygens (including phenoxy) is 4. The van der Waals surface area contributed by atoms with Gasteiger partial charge in [0.25, 0.3) is 0 Å². The maximum absolute atomic E-state index is 13.8. The predicted octanol–water partition coefficient (Wildman–Crippen LogP) is 6.40. The van der Waals surface area contributed by atoms with Crippen LogP contribution in [0.25, 0.3) is 4.98 Å². The first-order valence-electron chi connectivity index (χ1n) is 17.8. The van der Waals surface area contributed by atoms with Crippen LogP contribution in [0.3, 0.4) is 0 Å². The molecule has 58 heavy (non-hydrogen) atoms. The summed E-state index contributed by atoms with van der Waals surface area (Å²) in [5.41, 5.74) is 0.626. The third kappa shape index (κ3) is 16.8. The number of hydrogen-bond donors (Lipinski definition) is 0. The van der Waals surface area contributed by atoms with Crippen LogP contribution in [0.1, 0.15) is 52.2 Å². The van der Waals surface area contributed by atoms with Crippen molar-refractivity contribution in [1.29, 1.82) is 0 Å². The quantitative estimate of drug-likeness (QED) is 0.188. The zero-order valence-electron chi connectivity index (χ0n) is 34.0. The van der Waals surface area contributed by atoms with Gasteiger partial charge in [0.15, 0.2) is 23.1 Å². The average Bonchev–Trinajstić information content (AvgIpc) is 3.67. The normalized spacial score (nSPS) is 17.4. The van der Waals surface area contributed by atoms with Crippen molar-refractivity contribution >= 4 is 32.2 Å². The molecule has 0 aromatic heterocycles. The Bertz CT molecular complexity index is 1710. The smallest absolute Gasteiger partial charge is 0.668 e. The molecule has 11 nitrogen and oxygen atoms in total. The molecular formula is C37H48F8LiN3O8Si. The Balaban J connectivity index is 0.000000501. The number of carbonyl (C=O) groups is 4. The number of benzene rings is 2. The minimum absolute atomic E-state index is 0. The van der Waals surface area contributed by atoms with Gasteiger partial charge < -0.3 is 23.9 Å². The minimum Gasteiger partial charge on any atom is -0.668 e. The average molecular weight is 850 g/mol. The van der Waals surface area contributed by atoms with Gasteiger partial charge in [0.2, 0.25) is 11.8 Å². The fourth-order valence-corrected chi connectivity index (χ4v) is 5.23. The minimum atomic E-state index is -4.99. The van der Waals surface area contributed by atoms with Crippen molar-refractivity contribution in [2.24, 2.45) is 17.8 Å². The van der Waals surface area contributed by atoms with Gasteiger partial charge in [-0.2, -0.15) is 7.05 Å². The zero-order valence-corrected chi connectivity index (χ0v) is 35.0. The van der Waals surface area contributed by atoms with E-state index in [4.69, 9.17) is 9.47 Å². The van der Waals surface area contributed by atoms with Crippen molar-refractivity contribution < 1.29 is 92.1 Å². The first-order valence-corrected chi connectivity index (χ1v) is 21.3. The molecule has 2 aliphatic rings. The SMILES string of the molecule is CC(C)[C@@H]1COC(=O)N1C(=O)CCc1ccc(OC(F)(F)F)c(F)c1.CC(C)[C@@H]1COC(=O)N1C(=O)[C@H](C)Cc1ccc(OC(F)(F)F)c(F)c1.C[N-][Si](C)(C)C.[Li+]. The van der Waals surface area contributed by atoms with Gasteiger partial charge in [-0.25, -0.2) is 28.2 Å². The zero-order chi connectivity index (χ0) is 43.6. The molecule has 21 heteroatoms. The van der Waals surface area contributed by atoms with Gasteiger partial charge in [-0.15, -0.1) is 26.3 Å². The van der Waals surface area contributed by atoms with E-state index in [0.717, 1.165) is 34.1 Å². The van der Waals surface area contributed by atoms with Crippen LogP contribution < -0.4 is 28.3 Å². The first kappa shape index (κ1) is 52.2. The molecule has 2 aromatic rings. The second kappa shape index (κ2) is 21.9. The van der Waals surface area contributed by atoms with E-state index in [1.54, 1.807) is 6.92 Å². The Morgan fingerprint density at radius 2 is 1.17 bits per heavy atom. The number of halogens is 8. The second-order valence-electron chi connectivity index (χ2n) is 14.9. The molecule has 0 saturated carbocycles. The number of aryl methyl sites for hydroxylation is 1. The molecule has 0 N–H and O–H groups in total. The van der Waals surface area contributed by atoms with Crippen LogP contribution in [-0.2, 0) is 31.9 Å². The fourth-order valence-electron chi connectivity index (χ4n) is 5.23. The maximum atomic E-state index is 13.8. The summed E-state index contributed by atoms with van der Waals surface area (Å²) in [4.78, 5) is 54.6. The third-order valence-corrected chi connectivity index (χ3v) is 9.90. The predicted molar refractivity (Wildman–Crippen MR) is 194 cm³/mol. The number of carbonyl (C=O) groups excluding carboxylic acids is 4. The van der Waals surface area contributed by atoms with Crippen molar-refractivity contribution in [3.05, 3.63) is 64.1 Å². The number of amides is 4. The van der Waals surface area contributed by atoms with E-state index < -0.39 is 74.0 Å². The standard InChI is InChI=1S/C17H19F4NO4.C16H17F4NO4.C4H12NSi.Li/c1-9(2)13-8-25-16(24)22(13)15(23)10(3)6-11-4-5-14(12(18)7-11)26-17(19,20)21;1-9(2)12-8-24-15(23)21(12)14(22)6-4-10-3-5-13(11(17)7-10)25-16(18,19)20;1-5-6(2,3)4;/h4-5,7,9-10,13H,6,8H2,1-3H3;3,5,7,9,12H,4,6,8H2,1-2H3;1-4H3;/q;;-1;+1/t10-,13+;12-;;/m10../s1. The summed E-state index contributed by atoms with van der Waals surface area (Å²) < 4.78 is 117. The van der Waals surface area contributed by atoms with E-state index in [-0.39, 0.29) is 75.3 Å². The van der Waals surface area contributed by atoms with Crippen LogP contribution in [0.2, 0.25) is 19.6 Å². The molecule has 3 atom stereocenters. The van der Waals surface area contributed by atoms with Gasteiger partial charge >= 0.3 is 43.8 Å². The van der Waals surface area contributed by atoms with E-state index in [2.05, 4.69) is 34.1 Å². The number of hydrogen-bond acceptors (Lipinski definition) is 8. The van der Waals surface area contributed by atoms with Crippen molar-refractivity contribution in [3.8, 4) is 11.5 Å². The molecule has 2 aliphatic heterocycles. The first-order chi connectivity index (χ1) is 26.1. The van der Waals surface area contributed by atoms with E-state index >= 15 is 0 Å². The molecule has 0 aliphatic carbocycles. The van der Waals surface area contributed by atoms with Crippen LogP contribution in [0, 0.1) is 29.4 Å². The van der Waals surface area contributed by atoms with Crippen molar-refractivity contribution in [3.63, 3.8) is 0 Å². The van der Waals surface area contributed by atoms with Crippen molar-refractivity contribution in [2.45, 2.75) is 98.3 Å². The molecule has 2 fully saturated rings. The maximum Gasteiger partial charge on any atom is 1.00 e. The summed E-state index contributed by atoms with van der Waals surface area (Å²) in [6.45, 7) is 15.9. The van der Waals surface area contributed by atoms with E-state index in [1.807, 2.05) is 34.7 Å². The molecule has 2 saturated heterocycles. The van der Waals surface area contributed by atoms with Crippen molar-refractivity contribution in [2.75, 3.05) is 20.3 Å². The van der Waals surface area contributed by atoms with Gasteiger partial charge in [-0.05, 0) is 60.1 Å². The Hall–Kier alpha value is -3.87. The summed E-state index contributed by atoms with van der Waals surface area (Å²) in [6.07, 6.45) is -11.4. The number of rotatable bonds is 11. The number of alkyl halides is 6. The molecule has 0 radical (unpaired) electrons. The van der Waals surface area contributed by atoms with Gasteiger partial charge in [-0.3, -0.25) is 9.59 Å². The van der Waals surface area contributed by atoms with E-state index in [9.17, 15) is 54.3 Å². The molecular weight excluding hydrogens is 801 g/mol. The molecule has 0 spiro atoms. The van der Waals surface area contributed by atoms with Crippen LogP contribution >= 0.6 is 0 Å². The molecule has 320 valence electrons. The fraction of sp³-hybridized carbons (Fsp3) is 0.568. The number of imide groups is 2. The molecule has 4 amide bonds.